The number of nitrogen functional groups attached to an aromatic ring is 1. The normalized spacial score (nSPS) is 30.2. The van der Waals surface area contributed by atoms with Gasteiger partial charge < -0.3 is 10.5 Å². The summed E-state index contributed by atoms with van der Waals surface area (Å²) in [6, 6.07) is 13.8. The minimum absolute atomic E-state index is 0.103. The molecule has 2 aromatic carbocycles. The summed E-state index contributed by atoms with van der Waals surface area (Å²) in [5, 5.41) is 0. The van der Waals surface area contributed by atoms with Gasteiger partial charge >= 0.3 is 0 Å². The molecule has 0 radical (unpaired) electrons. The summed E-state index contributed by atoms with van der Waals surface area (Å²) < 4.78 is 20.0. The number of hydrogen-bond acceptors (Lipinski definition) is 3. The highest BCUT2D eigenvalue weighted by atomic mass is 19.1. The van der Waals surface area contributed by atoms with E-state index in [4.69, 9.17) is 10.5 Å². The Morgan fingerprint density at radius 2 is 1.75 bits per heavy atom. The van der Waals surface area contributed by atoms with Gasteiger partial charge in [-0.3, -0.25) is 4.90 Å². The molecule has 1 saturated carbocycles. The van der Waals surface area contributed by atoms with Crippen molar-refractivity contribution >= 4 is 5.69 Å². The highest BCUT2D eigenvalue weighted by Gasteiger charge is 2.67. The molecule has 2 aliphatic carbocycles. The third-order valence-electron chi connectivity index (χ3n) is 7.74. The zero-order valence-electron chi connectivity index (χ0n) is 16.7. The van der Waals surface area contributed by atoms with E-state index in [1.807, 2.05) is 13.2 Å². The summed E-state index contributed by atoms with van der Waals surface area (Å²) in [7, 11) is 1.86. The summed E-state index contributed by atoms with van der Waals surface area (Å²) in [4.78, 5) is 2.57. The highest BCUT2D eigenvalue weighted by molar-refractivity contribution is 5.48. The molecule has 28 heavy (non-hydrogen) atoms. The van der Waals surface area contributed by atoms with Crippen LogP contribution in [-0.4, -0.2) is 37.2 Å². The van der Waals surface area contributed by atoms with Crippen LogP contribution in [0.25, 0.3) is 0 Å². The van der Waals surface area contributed by atoms with E-state index in [1.165, 1.54) is 17.2 Å². The number of nitrogens with two attached hydrogens (primary N) is 1. The number of rotatable bonds is 5. The van der Waals surface area contributed by atoms with Gasteiger partial charge in [-0.2, -0.15) is 0 Å². The van der Waals surface area contributed by atoms with Gasteiger partial charge in [0.2, 0.25) is 0 Å². The zero-order chi connectivity index (χ0) is 19.5. The van der Waals surface area contributed by atoms with E-state index >= 15 is 0 Å². The molecule has 1 aliphatic heterocycles. The lowest BCUT2D eigenvalue weighted by Gasteiger charge is -2.35. The Labute approximate surface area is 166 Å². The van der Waals surface area contributed by atoms with Gasteiger partial charge in [0.1, 0.15) is 5.82 Å². The first-order valence-electron chi connectivity index (χ1n) is 10.4. The van der Waals surface area contributed by atoms with Crippen molar-refractivity contribution in [2.24, 2.45) is 11.8 Å². The second kappa shape index (κ2) is 6.30. The number of hydrogen-bond donors (Lipinski definition) is 1. The first-order chi connectivity index (χ1) is 13.5. The molecule has 2 aromatic rings. The summed E-state index contributed by atoms with van der Waals surface area (Å²) in [5.41, 5.74) is 10.4. The van der Waals surface area contributed by atoms with Gasteiger partial charge in [-0.1, -0.05) is 31.2 Å². The third kappa shape index (κ3) is 2.61. The maximum Gasteiger partial charge on any atom is 0.125 e. The second-order valence-corrected chi connectivity index (χ2v) is 9.08. The average Bonchev–Trinajstić information content (AvgIpc) is 2.97. The fourth-order valence-electron chi connectivity index (χ4n) is 6.37. The van der Waals surface area contributed by atoms with E-state index < -0.39 is 0 Å². The average molecular weight is 381 g/mol. The van der Waals surface area contributed by atoms with Gasteiger partial charge in [-0.15, -0.1) is 0 Å². The van der Waals surface area contributed by atoms with E-state index in [-0.39, 0.29) is 16.8 Å². The molecule has 3 nitrogen and oxygen atoms in total. The molecule has 2 atom stereocenters. The van der Waals surface area contributed by atoms with Crippen molar-refractivity contribution in [2.45, 2.75) is 37.2 Å². The number of fused-ring (bicyclic) bond motifs is 2. The number of halogens is 1. The summed E-state index contributed by atoms with van der Waals surface area (Å²) in [6.07, 6.45) is 3.02. The van der Waals surface area contributed by atoms with Crippen molar-refractivity contribution in [1.82, 2.24) is 4.90 Å². The SMILES string of the molecule is CCC1(c2cc(N)cc(F)c2)C2CN(CC3(OC)Cc4ccccc4C3)CC21. The van der Waals surface area contributed by atoms with Crippen LogP contribution in [0.3, 0.4) is 0 Å². The quantitative estimate of drug-likeness (QED) is 0.802. The predicted octanol–water partition coefficient (Wildman–Crippen LogP) is 3.80. The molecule has 148 valence electrons. The molecule has 0 bridgehead atoms. The standard InChI is InChI=1S/C24H29FN2O/c1-3-24(18-8-19(25)10-20(26)9-18)21-13-27(14-22(21)24)15-23(28-2)11-16-6-4-5-7-17(16)12-23/h4-10,21-22H,3,11-15,26H2,1-2H3. The lowest BCUT2D eigenvalue weighted by atomic mass is 9.87. The van der Waals surface area contributed by atoms with Gasteiger partial charge in [0.25, 0.3) is 0 Å². The van der Waals surface area contributed by atoms with Crippen molar-refractivity contribution in [3.8, 4) is 0 Å². The predicted molar refractivity (Wildman–Crippen MR) is 110 cm³/mol. The van der Waals surface area contributed by atoms with E-state index in [1.54, 1.807) is 6.07 Å². The topological polar surface area (TPSA) is 38.5 Å². The van der Waals surface area contributed by atoms with Crippen molar-refractivity contribution in [3.63, 3.8) is 0 Å². The number of piperidine rings is 1. The summed E-state index contributed by atoms with van der Waals surface area (Å²) >= 11 is 0. The minimum Gasteiger partial charge on any atom is -0.399 e. The van der Waals surface area contributed by atoms with Crippen LogP contribution >= 0.6 is 0 Å². The van der Waals surface area contributed by atoms with Crippen LogP contribution in [0.5, 0.6) is 0 Å². The van der Waals surface area contributed by atoms with Crippen LogP contribution in [0.4, 0.5) is 10.1 Å². The second-order valence-electron chi connectivity index (χ2n) is 9.08. The highest BCUT2D eigenvalue weighted by Crippen LogP contribution is 2.65. The Hall–Kier alpha value is -1.91. The molecular formula is C24H29FN2O. The van der Waals surface area contributed by atoms with Gasteiger partial charge in [-0.05, 0) is 53.1 Å². The van der Waals surface area contributed by atoms with E-state index in [0.29, 0.717) is 17.5 Å². The van der Waals surface area contributed by atoms with Gasteiger partial charge in [-0.25, -0.2) is 4.39 Å². The molecule has 2 N–H and O–H groups in total. The number of nitrogens with zero attached hydrogens (tertiary/aromatic N) is 1. The number of ether oxygens (including phenoxy) is 1. The molecule has 0 amide bonds. The first kappa shape index (κ1) is 18.1. The van der Waals surface area contributed by atoms with Crippen LogP contribution in [0.15, 0.2) is 42.5 Å². The molecule has 2 fully saturated rings. The molecule has 3 aliphatic rings. The van der Waals surface area contributed by atoms with Gasteiger partial charge in [0, 0.05) is 50.7 Å². The smallest absolute Gasteiger partial charge is 0.125 e. The zero-order valence-corrected chi connectivity index (χ0v) is 16.7. The van der Waals surface area contributed by atoms with Crippen molar-refractivity contribution in [2.75, 3.05) is 32.5 Å². The molecule has 2 unspecified atom stereocenters. The summed E-state index contributed by atoms with van der Waals surface area (Å²) in [5.74, 6) is 0.972. The maximum absolute atomic E-state index is 14.0. The van der Waals surface area contributed by atoms with E-state index in [0.717, 1.165) is 44.5 Å². The van der Waals surface area contributed by atoms with Crippen LogP contribution in [0.2, 0.25) is 0 Å². The molecule has 1 saturated heterocycles. The van der Waals surface area contributed by atoms with Crippen molar-refractivity contribution in [1.29, 1.82) is 0 Å². The minimum atomic E-state index is -0.216. The molecule has 5 rings (SSSR count). The molecule has 0 aromatic heterocycles. The monoisotopic (exact) mass is 380 g/mol. The van der Waals surface area contributed by atoms with Crippen LogP contribution < -0.4 is 5.73 Å². The molecule has 0 spiro atoms. The van der Waals surface area contributed by atoms with E-state index in [2.05, 4.69) is 36.1 Å². The molecule has 4 heteroatoms. The fourth-order valence-corrected chi connectivity index (χ4v) is 6.37. The number of likely N-dealkylation sites (tertiary alicyclic amines) is 1. The lowest BCUT2D eigenvalue weighted by Crippen LogP contribution is -2.46. The Balaban J connectivity index is 1.31. The summed E-state index contributed by atoms with van der Waals surface area (Å²) in [6.45, 7) is 5.33. The Morgan fingerprint density at radius 1 is 1.11 bits per heavy atom. The Bertz CT molecular complexity index is 854. The van der Waals surface area contributed by atoms with E-state index in [9.17, 15) is 4.39 Å². The largest absolute Gasteiger partial charge is 0.399 e. The fraction of sp³-hybridized carbons (Fsp3) is 0.500. The van der Waals surface area contributed by atoms with Crippen LogP contribution in [0.1, 0.15) is 30.0 Å². The van der Waals surface area contributed by atoms with Gasteiger partial charge in [0.05, 0.1) is 5.60 Å². The Morgan fingerprint density at radius 3 is 2.29 bits per heavy atom. The number of benzene rings is 2. The molecule has 1 heterocycles. The lowest BCUT2D eigenvalue weighted by molar-refractivity contribution is -0.0276. The maximum atomic E-state index is 14.0. The van der Waals surface area contributed by atoms with Crippen molar-refractivity contribution < 1.29 is 9.13 Å². The molecular weight excluding hydrogens is 351 g/mol. The van der Waals surface area contributed by atoms with Gasteiger partial charge in [0.15, 0.2) is 0 Å². The number of anilines is 1. The van der Waals surface area contributed by atoms with Crippen LogP contribution in [0, 0.1) is 17.7 Å². The van der Waals surface area contributed by atoms with Crippen LogP contribution in [-0.2, 0) is 23.0 Å². The first-order valence-corrected chi connectivity index (χ1v) is 10.4. The Kier molecular flexibility index (Phi) is 4.08. The third-order valence-corrected chi connectivity index (χ3v) is 7.74. The number of methoxy groups -OCH3 is 1. The van der Waals surface area contributed by atoms with Crippen molar-refractivity contribution in [3.05, 3.63) is 65.0 Å².